The van der Waals surface area contributed by atoms with Gasteiger partial charge < -0.3 is 21.2 Å². The van der Waals surface area contributed by atoms with E-state index in [4.69, 9.17) is 15.9 Å². The topological polar surface area (TPSA) is 111 Å². The van der Waals surface area contributed by atoms with E-state index in [1.54, 1.807) is 18.2 Å². The van der Waals surface area contributed by atoms with Crippen LogP contribution in [0.4, 0.5) is 5.69 Å². The van der Waals surface area contributed by atoms with Crippen LogP contribution in [0.25, 0.3) is 11.0 Å². The number of anilines is 1. The number of furan rings is 1. The Balaban J connectivity index is 0.00000208. The molecule has 0 atom stereocenters. The molecule has 0 saturated heterocycles. The number of primary amides is 1. The monoisotopic (exact) mass is 415 g/mol. The normalized spacial score (nSPS) is 16.4. The molecule has 2 amide bonds. The molecule has 1 saturated carbocycles. The molecule has 0 unspecified atom stereocenters. The van der Waals surface area contributed by atoms with Crippen LogP contribution in [0, 0.1) is 0 Å². The van der Waals surface area contributed by atoms with Crippen LogP contribution in [0.2, 0.25) is 0 Å². The number of carbonyl (C=O) groups excluding carboxylic acids is 2. The second-order valence-electron chi connectivity index (χ2n) is 5.98. The number of amides is 2. The van der Waals surface area contributed by atoms with E-state index in [9.17, 15) is 9.59 Å². The van der Waals surface area contributed by atoms with Gasteiger partial charge in [-0.05, 0) is 31.0 Å². The number of halogens is 2. The van der Waals surface area contributed by atoms with Crippen molar-refractivity contribution in [1.82, 2.24) is 0 Å². The molecular formula is C16H19BrClN3O3. The van der Waals surface area contributed by atoms with Gasteiger partial charge in [0.05, 0.1) is 5.54 Å². The van der Waals surface area contributed by atoms with Crippen LogP contribution in [0.3, 0.4) is 0 Å². The summed E-state index contributed by atoms with van der Waals surface area (Å²) in [6.07, 6.45) is 4.18. The average molecular weight is 417 g/mol. The van der Waals surface area contributed by atoms with Gasteiger partial charge in [-0.3, -0.25) is 9.59 Å². The summed E-state index contributed by atoms with van der Waals surface area (Å²) in [5, 5.41) is 3.38. The van der Waals surface area contributed by atoms with E-state index in [0.29, 0.717) is 23.8 Å². The minimum absolute atomic E-state index is 0. The highest BCUT2D eigenvalue weighted by Gasteiger charge is 2.36. The largest absolute Gasteiger partial charge is 0.449 e. The van der Waals surface area contributed by atoms with E-state index in [-0.39, 0.29) is 29.8 Å². The van der Waals surface area contributed by atoms with Gasteiger partial charge in [0, 0.05) is 9.86 Å². The van der Waals surface area contributed by atoms with Crippen molar-refractivity contribution in [3.63, 3.8) is 0 Å². The molecule has 24 heavy (non-hydrogen) atoms. The van der Waals surface area contributed by atoms with E-state index >= 15 is 0 Å². The van der Waals surface area contributed by atoms with Crippen molar-refractivity contribution in [3.8, 4) is 0 Å². The summed E-state index contributed by atoms with van der Waals surface area (Å²) in [6, 6.07) is 5.26. The van der Waals surface area contributed by atoms with Gasteiger partial charge in [0.25, 0.3) is 5.91 Å². The van der Waals surface area contributed by atoms with Crippen molar-refractivity contribution in [2.75, 3.05) is 5.32 Å². The maximum absolute atomic E-state index is 12.6. The zero-order chi connectivity index (χ0) is 16.6. The molecule has 2 aromatic rings. The summed E-state index contributed by atoms with van der Waals surface area (Å²) in [5.41, 5.74) is 11.5. The number of hydrogen-bond donors (Lipinski definition) is 3. The quantitative estimate of drug-likeness (QED) is 0.712. The second-order valence-corrected chi connectivity index (χ2v) is 6.90. The number of nitrogens with two attached hydrogens (primary N) is 2. The van der Waals surface area contributed by atoms with E-state index < -0.39 is 11.4 Å². The number of rotatable bonds is 3. The maximum Gasteiger partial charge on any atom is 0.286 e. The number of fused-ring (bicyclic) bond motifs is 1. The number of nitrogens with one attached hydrogen (secondary N) is 1. The minimum Gasteiger partial charge on any atom is -0.449 e. The summed E-state index contributed by atoms with van der Waals surface area (Å²) in [5.74, 6) is -1.10. The van der Waals surface area contributed by atoms with Crippen molar-refractivity contribution in [2.45, 2.75) is 37.6 Å². The number of carbonyl (C=O) groups is 2. The molecule has 1 aliphatic rings. The highest BCUT2D eigenvalue weighted by atomic mass is 79.9. The summed E-state index contributed by atoms with van der Waals surface area (Å²) >= 11 is 3.37. The average Bonchev–Trinajstić information content (AvgIpc) is 2.86. The van der Waals surface area contributed by atoms with Gasteiger partial charge >= 0.3 is 0 Å². The third-order valence-corrected chi connectivity index (χ3v) is 4.80. The molecule has 1 aliphatic carbocycles. The highest BCUT2D eigenvalue weighted by molar-refractivity contribution is 9.10. The first kappa shape index (κ1) is 18.8. The SMILES string of the molecule is Cl.NC(=O)c1oc2ccc(Br)cc2c1NC(=O)C1(N)CCCCC1. The standard InChI is InChI=1S/C16H18BrN3O3.ClH/c17-9-4-5-11-10(8-9)12(13(23-11)14(18)21)20-15(22)16(19)6-2-1-3-7-16;/h4-5,8H,1-3,6-7,19H2,(H2,18,21)(H,20,22);1H. The van der Waals surface area contributed by atoms with Crippen LogP contribution in [0.1, 0.15) is 42.7 Å². The molecule has 5 N–H and O–H groups in total. The lowest BCUT2D eigenvalue weighted by atomic mass is 9.82. The molecule has 1 aromatic carbocycles. The first-order valence-corrected chi connectivity index (χ1v) is 8.32. The predicted octanol–water partition coefficient (Wildman–Crippen LogP) is 3.32. The summed E-state index contributed by atoms with van der Waals surface area (Å²) in [6.45, 7) is 0. The van der Waals surface area contributed by atoms with E-state index in [0.717, 1.165) is 23.7 Å². The predicted molar refractivity (Wildman–Crippen MR) is 98.3 cm³/mol. The van der Waals surface area contributed by atoms with Crippen molar-refractivity contribution in [3.05, 3.63) is 28.4 Å². The Hall–Kier alpha value is -1.57. The molecule has 1 aromatic heterocycles. The number of benzene rings is 1. The Morgan fingerprint density at radius 2 is 1.88 bits per heavy atom. The molecule has 0 aliphatic heterocycles. The van der Waals surface area contributed by atoms with Crippen molar-refractivity contribution in [2.24, 2.45) is 11.5 Å². The van der Waals surface area contributed by atoms with Gasteiger partial charge in [0.2, 0.25) is 11.7 Å². The van der Waals surface area contributed by atoms with Crippen LogP contribution >= 0.6 is 28.3 Å². The molecular weight excluding hydrogens is 398 g/mol. The smallest absolute Gasteiger partial charge is 0.286 e. The van der Waals surface area contributed by atoms with Gasteiger partial charge in [-0.25, -0.2) is 0 Å². The van der Waals surface area contributed by atoms with Crippen LogP contribution in [-0.2, 0) is 4.79 Å². The van der Waals surface area contributed by atoms with Gasteiger partial charge in [-0.1, -0.05) is 35.2 Å². The summed E-state index contributed by atoms with van der Waals surface area (Å²) in [7, 11) is 0. The third kappa shape index (κ3) is 3.43. The van der Waals surface area contributed by atoms with Gasteiger partial charge in [-0.15, -0.1) is 12.4 Å². The number of hydrogen-bond acceptors (Lipinski definition) is 4. The van der Waals surface area contributed by atoms with Crippen LogP contribution in [0.15, 0.2) is 27.1 Å². The molecule has 1 fully saturated rings. The first-order valence-electron chi connectivity index (χ1n) is 7.53. The van der Waals surface area contributed by atoms with Crippen molar-refractivity contribution in [1.29, 1.82) is 0 Å². The molecule has 1 heterocycles. The molecule has 3 rings (SSSR count). The van der Waals surface area contributed by atoms with Crippen molar-refractivity contribution < 1.29 is 14.0 Å². The zero-order valence-corrected chi connectivity index (χ0v) is 15.3. The minimum atomic E-state index is -0.914. The first-order chi connectivity index (χ1) is 10.9. The maximum atomic E-state index is 12.6. The molecule has 6 nitrogen and oxygen atoms in total. The van der Waals surface area contributed by atoms with Gasteiger partial charge in [0.1, 0.15) is 11.3 Å². The van der Waals surface area contributed by atoms with E-state index in [2.05, 4.69) is 21.2 Å². The Bertz CT molecular complexity index is 784. The van der Waals surface area contributed by atoms with E-state index in [1.165, 1.54) is 0 Å². The lowest BCUT2D eigenvalue weighted by Gasteiger charge is -2.31. The van der Waals surface area contributed by atoms with E-state index in [1.807, 2.05) is 0 Å². The fourth-order valence-corrected chi connectivity index (χ4v) is 3.38. The van der Waals surface area contributed by atoms with Gasteiger partial charge in [-0.2, -0.15) is 0 Å². The molecule has 8 heteroatoms. The third-order valence-electron chi connectivity index (χ3n) is 4.31. The Morgan fingerprint density at radius 3 is 2.50 bits per heavy atom. The molecule has 0 radical (unpaired) electrons. The Kier molecular flexibility index (Phi) is 5.57. The second kappa shape index (κ2) is 7.13. The van der Waals surface area contributed by atoms with Crippen LogP contribution in [-0.4, -0.2) is 17.4 Å². The lowest BCUT2D eigenvalue weighted by molar-refractivity contribution is -0.122. The fourth-order valence-electron chi connectivity index (χ4n) is 3.02. The molecule has 0 spiro atoms. The Labute approximate surface area is 153 Å². The van der Waals surface area contributed by atoms with Gasteiger partial charge in [0.15, 0.2) is 0 Å². The zero-order valence-electron chi connectivity index (χ0n) is 12.9. The summed E-state index contributed by atoms with van der Waals surface area (Å²) in [4.78, 5) is 24.3. The summed E-state index contributed by atoms with van der Waals surface area (Å²) < 4.78 is 6.29. The molecule has 130 valence electrons. The van der Waals surface area contributed by atoms with Crippen LogP contribution in [0.5, 0.6) is 0 Å². The molecule has 0 bridgehead atoms. The highest BCUT2D eigenvalue weighted by Crippen LogP contribution is 2.34. The lowest BCUT2D eigenvalue weighted by Crippen LogP contribution is -2.52. The fraction of sp³-hybridized carbons (Fsp3) is 0.375. The Morgan fingerprint density at radius 1 is 1.21 bits per heavy atom. The van der Waals surface area contributed by atoms with Crippen molar-refractivity contribution >= 4 is 56.8 Å². The van der Waals surface area contributed by atoms with Crippen LogP contribution < -0.4 is 16.8 Å².